The summed E-state index contributed by atoms with van der Waals surface area (Å²) in [5, 5.41) is 3.04. The van der Waals surface area contributed by atoms with Crippen LogP contribution in [0.15, 0.2) is 47.9 Å². The molecule has 8 nitrogen and oxygen atoms in total. The lowest BCUT2D eigenvalue weighted by molar-refractivity contribution is -0.126. The van der Waals surface area contributed by atoms with Crippen LogP contribution in [0.25, 0.3) is 0 Å². The van der Waals surface area contributed by atoms with Gasteiger partial charge in [0.05, 0.1) is 18.4 Å². The van der Waals surface area contributed by atoms with Crippen molar-refractivity contribution in [3.8, 4) is 0 Å². The second kappa shape index (κ2) is 9.20. The van der Waals surface area contributed by atoms with Crippen LogP contribution in [0.1, 0.15) is 19.8 Å². The van der Waals surface area contributed by atoms with E-state index in [0.717, 1.165) is 12.2 Å². The first kappa shape index (κ1) is 20.3. The SMILES string of the molecule is CCN(CCNC(=O)[C@@H]1CCCN(S(=O)(=O)c2cnc[nH]2)C1)c1ccccc1. The molecule has 28 heavy (non-hydrogen) atoms. The third-order valence-electron chi connectivity index (χ3n) is 5.03. The number of amides is 1. The Morgan fingerprint density at radius 3 is 2.82 bits per heavy atom. The molecule has 1 atom stereocenters. The van der Waals surface area contributed by atoms with Crippen LogP contribution < -0.4 is 10.2 Å². The molecule has 1 aliphatic heterocycles. The highest BCUT2D eigenvalue weighted by atomic mass is 32.2. The number of anilines is 1. The van der Waals surface area contributed by atoms with Crippen LogP contribution in [0.4, 0.5) is 5.69 Å². The normalized spacial score (nSPS) is 18.0. The van der Waals surface area contributed by atoms with Crippen molar-refractivity contribution < 1.29 is 13.2 Å². The van der Waals surface area contributed by atoms with Crippen molar-refractivity contribution in [3.05, 3.63) is 42.9 Å². The number of likely N-dealkylation sites (N-methyl/N-ethyl adjacent to an activating group) is 1. The fraction of sp³-hybridized carbons (Fsp3) is 0.474. The van der Waals surface area contributed by atoms with E-state index in [0.29, 0.717) is 32.5 Å². The van der Waals surface area contributed by atoms with Gasteiger partial charge in [-0.2, -0.15) is 4.31 Å². The highest BCUT2D eigenvalue weighted by Crippen LogP contribution is 2.22. The Morgan fingerprint density at radius 2 is 2.14 bits per heavy atom. The van der Waals surface area contributed by atoms with Gasteiger partial charge in [-0.15, -0.1) is 0 Å². The summed E-state index contributed by atoms with van der Waals surface area (Å²) in [7, 11) is -3.63. The molecule has 1 fully saturated rings. The number of hydrogen-bond donors (Lipinski definition) is 2. The molecule has 0 bridgehead atoms. The van der Waals surface area contributed by atoms with Gasteiger partial charge in [-0.25, -0.2) is 13.4 Å². The topological polar surface area (TPSA) is 98.4 Å². The first-order valence-corrected chi connectivity index (χ1v) is 11.0. The molecule has 0 saturated carbocycles. The van der Waals surface area contributed by atoms with Crippen molar-refractivity contribution in [3.63, 3.8) is 0 Å². The molecule has 0 unspecified atom stereocenters. The summed E-state index contributed by atoms with van der Waals surface area (Å²) in [6, 6.07) is 10.1. The number of carbonyl (C=O) groups is 1. The summed E-state index contributed by atoms with van der Waals surface area (Å²) in [6.45, 7) is 4.76. The average Bonchev–Trinajstić information content (AvgIpc) is 3.28. The van der Waals surface area contributed by atoms with E-state index in [1.807, 2.05) is 30.3 Å². The maximum absolute atomic E-state index is 12.6. The minimum Gasteiger partial charge on any atom is -0.370 e. The number of benzene rings is 1. The Kier molecular flexibility index (Phi) is 6.69. The molecule has 9 heteroatoms. The van der Waals surface area contributed by atoms with E-state index in [1.54, 1.807) is 0 Å². The molecule has 0 radical (unpaired) electrons. The highest BCUT2D eigenvalue weighted by molar-refractivity contribution is 7.89. The van der Waals surface area contributed by atoms with E-state index in [4.69, 9.17) is 0 Å². The van der Waals surface area contributed by atoms with Crippen LogP contribution in [-0.4, -0.2) is 61.3 Å². The summed E-state index contributed by atoms with van der Waals surface area (Å²) >= 11 is 0. The molecule has 1 saturated heterocycles. The van der Waals surface area contributed by atoms with Crippen LogP contribution in [-0.2, 0) is 14.8 Å². The fourth-order valence-electron chi connectivity index (χ4n) is 3.47. The Balaban J connectivity index is 1.53. The van der Waals surface area contributed by atoms with Crippen molar-refractivity contribution >= 4 is 21.6 Å². The number of rotatable bonds is 8. The average molecular weight is 406 g/mol. The molecular weight excluding hydrogens is 378 g/mol. The number of H-pyrrole nitrogens is 1. The number of piperidine rings is 1. The minimum atomic E-state index is -3.63. The number of aromatic amines is 1. The highest BCUT2D eigenvalue weighted by Gasteiger charge is 2.33. The molecule has 1 aromatic carbocycles. The monoisotopic (exact) mass is 405 g/mol. The Labute approximate surface area is 166 Å². The van der Waals surface area contributed by atoms with Crippen LogP contribution >= 0.6 is 0 Å². The van der Waals surface area contributed by atoms with Crippen LogP contribution in [0.2, 0.25) is 0 Å². The summed E-state index contributed by atoms with van der Waals surface area (Å²) in [4.78, 5) is 21.2. The zero-order chi connectivity index (χ0) is 20.0. The van der Waals surface area contributed by atoms with Crippen molar-refractivity contribution in [1.29, 1.82) is 0 Å². The molecule has 2 aromatic rings. The summed E-state index contributed by atoms with van der Waals surface area (Å²) in [6.07, 6.45) is 3.99. The summed E-state index contributed by atoms with van der Waals surface area (Å²) in [5.74, 6) is -0.424. The van der Waals surface area contributed by atoms with Crippen LogP contribution in [0, 0.1) is 5.92 Å². The second-order valence-electron chi connectivity index (χ2n) is 6.82. The molecule has 2 heterocycles. The van der Waals surface area contributed by atoms with Gasteiger partial charge in [0.2, 0.25) is 5.91 Å². The van der Waals surface area contributed by atoms with Crippen molar-refractivity contribution in [2.24, 2.45) is 5.92 Å². The predicted octanol–water partition coefficient (Wildman–Crippen LogP) is 1.45. The number of carbonyl (C=O) groups excluding carboxylic acids is 1. The minimum absolute atomic E-state index is 0.0648. The van der Waals surface area contributed by atoms with Crippen LogP contribution in [0.5, 0.6) is 0 Å². The number of aromatic nitrogens is 2. The zero-order valence-corrected chi connectivity index (χ0v) is 16.9. The number of para-hydroxylation sites is 1. The van der Waals surface area contributed by atoms with Crippen LogP contribution in [0.3, 0.4) is 0 Å². The smallest absolute Gasteiger partial charge is 0.260 e. The van der Waals surface area contributed by atoms with E-state index in [1.165, 1.54) is 16.8 Å². The van der Waals surface area contributed by atoms with Gasteiger partial charge in [0.15, 0.2) is 5.03 Å². The van der Waals surface area contributed by atoms with Crippen molar-refractivity contribution in [2.45, 2.75) is 24.8 Å². The molecule has 2 N–H and O–H groups in total. The van der Waals surface area contributed by atoms with E-state index in [9.17, 15) is 13.2 Å². The largest absolute Gasteiger partial charge is 0.370 e. The molecule has 3 rings (SSSR count). The number of nitrogens with zero attached hydrogens (tertiary/aromatic N) is 3. The molecule has 1 aliphatic rings. The van der Waals surface area contributed by atoms with Crippen molar-refractivity contribution in [2.75, 3.05) is 37.6 Å². The van der Waals surface area contributed by atoms with Gasteiger partial charge < -0.3 is 15.2 Å². The van der Waals surface area contributed by atoms with Gasteiger partial charge in [0, 0.05) is 38.4 Å². The molecule has 0 aliphatic carbocycles. The predicted molar refractivity (Wildman–Crippen MR) is 107 cm³/mol. The van der Waals surface area contributed by atoms with E-state index in [-0.39, 0.29) is 23.4 Å². The lowest BCUT2D eigenvalue weighted by atomic mass is 9.99. The van der Waals surface area contributed by atoms with Gasteiger partial charge in [0.25, 0.3) is 10.0 Å². The molecule has 152 valence electrons. The Morgan fingerprint density at radius 1 is 1.36 bits per heavy atom. The maximum atomic E-state index is 12.6. The van der Waals surface area contributed by atoms with Gasteiger partial charge >= 0.3 is 0 Å². The molecular formula is C19H27N5O3S. The first-order chi connectivity index (χ1) is 13.5. The van der Waals surface area contributed by atoms with E-state index >= 15 is 0 Å². The Hall–Kier alpha value is -2.39. The maximum Gasteiger partial charge on any atom is 0.260 e. The number of imidazole rings is 1. The first-order valence-electron chi connectivity index (χ1n) is 9.58. The van der Waals surface area contributed by atoms with Gasteiger partial charge in [-0.1, -0.05) is 18.2 Å². The zero-order valence-electron chi connectivity index (χ0n) is 16.0. The van der Waals surface area contributed by atoms with Gasteiger partial charge in [0.1, 0.15) is 0 Å². The standard InChI is InChI=1S/C19H27N5O3S/c1-2-23(17-8-4-3-5-9-17)12-10-21-19(25)16-7-6-11-24(14-16)28(26,27)18-13-20-15-22-18/h3-5,8-9,13,15-16H,2,6-7,10-12,14H2,1H3,(H,20,22)(H,21,25)/t16-/m1/s1. The number of hydrogen-bond acceptors (Lipinski definition) is 5. The van der Waals surface area contributed by atoms with Crippen molar-refractivity contribution in [1.82, 2.24) is 19.6 Å². The number of nitrogens with one attached hydrogen (secondary N) is 2. The third-order valence-corrected chi connectivity index (χ3v) is 6.82. The third kappa shape index (κ3) is 4.71. The second-order valence-corrected chi connectivity index (χ2v) is 8.73. The van der Waals surface area contributed by atoms with Gasteiger partial charge in [-0.3, -0.25) is 4.79 Å². The Bertz CT molecular complexity index is 855. The summed E-state index contributed by atoms with van der Waals surface area (Å²) in [5.41, 5.74) is 1.12. The molecule has 1 amide bonds. The lowest BCUT2D eigenvalue weighted by Crippen LogP contribution is -2.46. The lowest BCUT2D eigenvalue weighted by Gasteiger charge is -2.31. The van der Waals surface area contributed by atoms with E-state index in [2.05, 4.69) is 27.1 Å². The van der Waals surface area contributed by atoms with E-state index < -0.39 is 10.0 Å². The van der Waals surface area contributed by atoms with Gasteiger partial charge in [-0.05, 0) is 31.9 Å². The quantitative estimate of drug-likeness (QED) is 0.693. The number of sulfonamides is 1. The fourth-order valence-corrected chi connectivity index (χ4v) is 4.88. The molecule has 0 spiro atoms. The molecule has 1 aromatic heterocycles. The summed E-state index contributed by atoms with van der Waals surface area (Å²) < 4.78 is 26.6.